The number of carbonyl (C=O) groups excluding carboxylic acids is 1. The number of nitrogen functional groups attached to an aromatic ring is 1. The number of carbonyl (C=O) groups is 2. The fourth-order valence-electron chi connectivity index (χ4n) is 2.48. The van der Waals surface area contributed by atoms with E-state index in [1.807, 2.05) is 0 Å². The van der Waals surface area contributed by atoms with Gasteiger partial charge < -0.3 is 15.6 Å². The number of unbranched alkanes of at least 4 members (excludes halogenated alkanes) is 8. The number of hydrogen-bond acceptors (Lipinski definition) is 4. The van der Waals surface area contributed by atoms with Gasteiger partial charge in [0.15, 0.2) is 0 Å². The van der Waals surface area contributed by atoms with E-state index < -0.39 is 5.97 Å². The van der Waals surface area contributed by atoms with Gasteiger partial charge in [-0.15, -0.1) is 0 Å². The van der Waals surface area contributed by atoms with Gasteiger partial charge in [-0.05, 0) is 25.5 Å². The van der Waals surface area contributed by atoms with Crippen LogP contribution in [0.25, 0.3) is 0 Å². The van der Waals surface area contributed by atoms with Gasteiger partial charge in [0, 0.05) is 12.1 Å². The van der Waals surface area contributed by atoms with Crippen molar-refractivity contribution in [3.63, 3.8) is 0 Å². The molecule has 0 saturated heterocycles. The maximum atomic E-state index is 11.2. The summed E-state index contributed by atoms with van der Waals surface area (Å²) in [6, 6.07) is 6.85. The van der Waals surface area contributed by atoms with Crippen molar-refractivity contribution in [3.05, 3.63) is 29.8 Å². The van der Waals surface area contributed by atoms with Crippen molar-refractivity contribution in [2.24, 2.45) is 0 Å². The predicted molar refractivity (Wildman–Crippen MR) is 106 cm³/mol. The van der Waals surface area contributed by atoms with Gasteiger partial charge in [-0.2, -0.15) is 0 Å². The number of rotatable bonds is 12. The van der Waals surface area contributed by atoms with Crippen LogP contribution in [0, 0.1) is 0 Å². The highest BCUT2D eigenvalue weighted by Gasteiger charge is 2.08. The zero-order valence-electron chi connectivity index (χ0n) is 16.3. The minimum absolute atomic E-state index is 0.343. The summed E-state index contributed by atoms with van der Waals surface area (Å²) in [5.74, 6) is -1.02. The molecular weight excluding hydrogens is 330 g/mol. The highest BCUT2D eigenvalue weighted by atomic mass is 16.5. The van der Waals surface area contributed by atoms with E-state index in [2.05, 4.69) is 6.92 Å². The molecule has 0 aliphatic carbocycles. The molecule has 0 saturated carbocycles. The first-order valence-electron chi connectivity index (χ1n) is 9.76. The Morgan fingerprint density at radius 3 is 1.96 bits per heavy atom. The summed E-state index contributed by atoms with van der Waals surface area (Å²) in [6.07, 6.45) is 11.5. The second-order valence-electron chi connectivity index (χ2n) is 6.28. The average molecular weight is 366 g/mol. The molecule has 0 amide bonds. The molecule has 148 valence electrons. The summed E-state index contributed by atoms with van der Waals surface area (Å²) >= 11 is 0. The third-order valence-corrected chi connectivity index (χ3v) is 3.95. The summed E-state index contributed by atoms with van der Waals surface area (Å²) in [6.45, 7) is 4.36. The van der Waals surface area contributed by atoms with Gasteiger partial charge in [-0.25, -0.2) is 4.79 Å². The molecule has 0 bridgehead atoms. The SMILES string of the molecule is CCCCCCCCCCCC(=O)O.CCOC(=O)c1ccccc1N. The van der Waals surface area contributed by atoms with Crippen LogP contribution in [0.4, 0.5) is 5.69 Å². The summed E-state index contributed by atoms with van der Waals surface area (Å²) in [5, 5.41) is 8.41. The lowest BCUT2D eigenvalue weighted by atomic mass is 10.1. The lowest BCUT2D eigenvalue weighted by Gasteiger charge is -2.03. The molecule has 0 aromatic heterocycles. The molecule has 0 aliphatic heterocycles. The zero-order chi connectivity index (χ0) is 19.6. The van der Waals surface area contributed by atoms with Gasteiger partial charge >= 0.3 is 11.9 Å². The number of nitrogens with two attached hydrogens (primary N) is 1. The Balaban J connectivity index is 0.000000485. The number of carboxylic acids is 1. The lowest BCUT2D eigenvalue weighted by molar-refractivity contribution is -0.137. The van der Waals surface area contributed by atoms with Gasteiger partial charge in [-0.3, -0.25) is 4.79 Å². The van der Waals surface area contributed by atoms with Crippen LogP contribution in [0.5, 0.6) is 0 Å². The molecule has 1 aromatic carbocycles. The Hall–Kier alpha value is -2.04. The molecule has 5 nitrogen and oxygen atoms in total. The monoisotopic (exact) mass is 365 g/mol. The summed E-state index contributed by atoms with van der Waals surface area (Å²) in [7, 11) is 0. The van der Waals surface area contributed by atoms with Gasteiger partial charge in [0.05, 0.1) is 12.2 Å². The van der Waals surface area contributed by atoms with Gasteiger partial charge in [0.1, 0.15) is 0 Å². The Labute approximate surface area is 157 Å². The molecular formula is C21H35NO4. The normalized spacial score (nSPS) is 9.92. The Morgan fingerprint density at radius 1 is 0.923 bits per heavy atom. The second-order valence-corrected chi connectivity index (χ2v) is 6.28. The van der Waals surface area contributed by atoms with E-state index in [9.17, 15) is 9.59 Å². The highest BCUT2D eigenvalue weighted by molar-refractivity contribution is 5.94. The van der Waals surface area contributed by atoms with Crippen LogP contribution < -0.4 is 5.73 Å². The van der Waals surface area contributed by atoms with E-state index >= 15 is 0 Å². The van der Waals surface area contributed by atoms with E-state index in [-0.39, 0.29) is 5.97 Å². The molecule has 0 aliphatic rings. The van der Waals surface area contributed by atoms with E-state index in [1.165, 1.54) is 44.9 Å². The van der Waals surface area contributed by atoms with E-state index in [0.717, 1.165) is 12.8 Å². The standard InChI is InChI=1S/C12H24O2.C9H11NO2/c1-2-3-4-5-6-7-8-9-10-11-12(13)14;1-2-12-9(11)7-5-3-4-6-8(7)10/h2-11H2,1H3,(H,13,14);3-6H,2,10H2,1H3. The molecule has 0 spiro atoms. The number of benzene rings is 1. The van der Waals surface area contributed by atoms with E-state index in [1.54, 1.807) is 31.2 Å². The largest absolute Gasteiger partial charge is 0.481 e. The van der Waals surface area contributed by atoms with Crippen LogP contribution in [0.3, 0.4) is 0 Å². The van der Waals surface area contributed by atoms with Gasteiger partial charge in [0.2, 0.25) is 0 Å². The maximum absolute atomic E-state index is 11.2. The van der Waals surface area contributed by atoms with Crippen molar-refractivity contribution < 1.29 is 19.4 Å². The Morgan fingerprint density at radius 2 is 1.46 bits per heavy atom. The average Bonchev–Trinajstić information content (AvgIpc) is 2.61. The minimum atomic E-state index is -0.659. The number of hydrogen-bond donors (Lipinski definition) is 2. The number of esters is 1. The molecule has 1 aromatic rings. The zero-order valence-corrected chi connectivity index (χ0v) is 16.3. The van der Waals surface area contributed by atoms with Crippen LogP contribution in [0.2, 0.25) is 0 Å². The smallest absolute Gasteiger partial charge is 0.340 e. The number of anilines is 1. The molecule has 3 N–H and O–H groups in total. The summed E-state index contributed by atoms with van der Waals surface area (Å²) in [5.41, 5.74) is 6.44. The lowest BCUT2D eigenvalue weighted by Crippen LogP contribution is -2.07. The van der Waals surface area contributed by atoms with Crippen LogP contribution in [0.1, 0.15) is 88.4 Å². The molecule has 1 rings (SSSR count). The first-order chi connectivity index (χ1) is 12.5. The summed E-state index contributed by atoms with van der Waals surface area (Å²) < 4.78 is 4.79. The van der Waals surface area contributed by atoms with Crippen LogP contribution in [-0.2, 0) is 9.53 Å². The highest BCUT2D eigenvalue weighted by Crippen LogP contribution is 2.11. The Bertz CT molecular complexity index is 503. The molecule has 0 heterocycles. The van der Waals surface area contributed by atoms with Crippen molar-refractivity contribution >= 4 is 17.6 Å². The van der Waals surface area contributed by atoms with Crippen molar-refractivity contribution in [1.82, 2.24) is 0 Å². The quantitative estimate of drug-likeness (QED) is 0.292. The van der Waals surface area contributed by atoms with Gasteiger partial charge in [0.25, 0.3) is 0 Å². The number of aliphatic carboxylic acids is 1. The number of carboxylic acid groups (broad SMARTS) is 1. The topological polar surface area (TPSA) is 89.6 Å². The predicted octanol–water partition coefficient (Wildman–Crippen LogP) is 5.44. The van der Waals surface area contributed by atoms with Crippen molar-refractivity contribution in [2.75, 3.05) is 12.3 Å². The van der Waals surface area contributed by atoms with Crippen LogP contribution in [0.15, 0.2) is 24.3 Å². The second kappa shape index (κ2) is 16.4. The van der Waals surface area contributed by atoms with Crippen molar-refractivity contribution in [2.45, 2.75) is 78.1 Å². The summed E-state index contributed by atoms with van der Waals surface area (Å²) in [4.78, 5) is 21.4. The minimum Gasteiger partial charge on any atom is -0.481 e. The molecule has 0 atom stereocenters. The van der Waals surface area contributed by atoms with Gasteiger partial charge in [-0.1, -0.05) is 70.4 Å². The molecule has 0 unspecified atom stereocenters. The molecule has 26 heavy (non-hydrogen) atoms. The van der Waals surface area contributed by atoms with Crippen molar-refractivity contribution in [1.29, 1.82) is 0 Å². The maximum Gasteiger partial charge on any atom is 0.340 e. The third-order valence-electron chi connectivity index (χ3n) is 3.95. The third kappa shape index (κ3) is 13.3. The fourth-order valence-corrected chi connectivity index (χ4v) is 2.48. The molecule has 5 heteroatoms. The first-order valence-corrected chi connectivity index (χ1v) is 9.76. The molecule has 0 radical (unpaired) electrons. The number of para-hydroxylation sites is 1. The fraction of sp³-hybridized carbons (Fsp3) is 0.619. The first kappa shape index (κ1) is 24.0. The van der Waals surface area contributed by atoms with E-state index in [0.29, 0.717) is 24.3 Å². The Kier molecular flexibility index (Phi) is 15.1. The number of ether oxygens (including phenoxy) is 1. The van der Waals surface area contributed by atoms with Crippen LogP contribution in [-0.4, -0.2) is 23.7 Å². The van der Waals surface area contributed by atoms with E-state index in [4.69, 9.17) is 15.6 Å². The van der Waals surface area contributed by atoms with Crippen LogP contribution >= 0.6 is 0 Å². The molecule has 0 fully saturated rings. The van der Waals surface area contributed by atoms with Crippen molar-refractivity contribution in [3.8, 4) is 0 Å².